The van der Waals surface area contributed by atoms with Gasteiger partial charge in [0, 0.05) is 5.56 Å². The second-order valence-corrected chi connectivity index (χ2v) is 2.95. The Bertz CT molecular complexity index is 432. The minimum atomic E-state index is 0.0470. The van der Waals surface area contributed by atoms with Crippen LogP contribution < -0.4 is 0 Å². The summed E-state index contributed by atoms with van der Waals surface area (Å²) in [7, 11) is 0. The Morgan fingerprint density at radius 2 is 2.07 bits per heavy atom. The van der Waals surface area contributed by atoms with Gasteiger partial charge in [-0.3, -0.25) is 0 Å². The zero-order chi connectivity index (χ0) is 10.5. The van der Waals surface area contributed by atoms with Gasteiger partial charge < -0.3 is 9.63 Å². The maximum absolute atomic E-state index is 8.61. The second kappa shape index (κ2) is 4.52. The fourth-order valence-corrected chi connectivity index (χ4v) is 1.23. The highest BCUT2D eigenvalue weighted by Gasteiger charge is 2.01. The second-order valence-electron chi connectivity index (χ2n) is 2.95. The van der Waals surface area contributed by atoms with Gasteiger partial charge in [-0.1, -0.05) is 29.4 Å². The molecule has 2 aromatic rings. The molecule has 2 rings (SSSR count). The van der Waals surface area contributed by atoms with Gasteiger partial charge in [0.1, 0.15) is 0 Å². The summed E-state index contributed by atoms with van der Waals surface area (Å²) in [5.74, 6) is 0.507. The Labute approximate surface area is 86.9 Å². The van der Waals surface area contributed by atoms with Crippen molar-refractivity contribution < 1.29 is 9.63 Å². The van der Waals surface area contributed by atoms with Gasteiger partial charge >= 0.3 is 0 Å². The molecule has 1 aromatic heterocycles. The molecule has 76 valence electrons. The Morgan fingerprint density at radius 3 is 2.67 bits per heavy atom. The highest BCUT2D eigenvalue weighted by atomic mass is 16.5. The van der Waals surface area contributed by atoms with E-state index in [1.807, 2.05) is 30.3 Å². The summed E-state index contributed by atoms with van der Waals surface area (Å²) in [4.78, 5) is 3.94. The SMILES string of the molecule is OCC=Cc1ccc(-c2ncno2)cc1. The van der Waals surface area contributed by atoms with E-state index in [4.69, 9.17) is 9.63 Å². The molecule has 0 radical (unpaired) electrons. The van der Waals surface area contributed by atoms with Gasteiger partial charge in [-0.25, -0.2) is 0 Å². The monoisotopic (exact) mass is 202 g/mol. The lowest BCUT2D eigenvalue weighted by molar-refractivity contribution is 0.343. The fourth-order valence-electron chi connectivity index (χ4n) is 1.23. The zero-order valence-electron chi connectivity index (χ0n) is 8.00. The molecule has 1 aromatic carbocycles. The quantitative estimate of drug-likeness (QED) is 0.823. The van der Waals surface area contributed by atoms with E-state index in [-0.39, 0.29) is 6.61 Å². The van der Waals surface area contributed by atoms with Crippen LogP contribution in [-0.4, -0.2) is 21.9 Å². The molecule has 0 amide bonds. The number of benzene rings is 1. The Morgan fingerprint density at radius 1 is 1.27 bits per heavy atom. The average molecular weight is 202 g/mol. The number of aromatic nitrogens is 2. The topological polar surface area (TPSA) is 59.2 Å². The average Bonchev–Trinajstić information content (AvgIpc) is 2.80. The molecule has 0 atom stereocenters. The Balaban J connectivity index is 2.21. The summed E-state index contributed by atoms with van der Waals surface area (Å²) in [6.07, 6.45) is 4.90. The molecular formula is C11H10N2O2. The Kier molecular flexibility index (Phi) is 2.90. The third-order valence-electron chi connectivity index (χ3n) is 1.93. The van der Waals surface area contributed by atoms with E-state index in [1.165, 1.54) is 6.33 Å². The van der Waals surface area contributed by atoms with Gasteiger partial charge in [0.15, 0.2) is 6.33 Å². The maximum atomic E-state index is 8.61. The lowest BCUT2D eigenvalue weighted by Crippen LogP contribution is -1.78. The summed E-state index contributed by atoms with van der Waals surface area (Å²) in [5, 5.41) is 12.1. The van der Waals surface area contributed by atoms with Crippen molar-refractivity contribution in [1.82, 2.24) is 10.1 Å². The van der Waals surface area contributed by atoms with Gasteiger partial charge in [0.2, 0.25) is 0 Å². The molecule has 0 aliphatic carbocycles. The third-order valence-corrected chi connectivity index (χ3v) is 1.93. The zero-order valence-corrected chi connectivity index (χ0v) is 8.00. The first-order valence-electron chi connectivity index (χ1n) is 4.54. The molecule has 1 heterocycles. The largest absolute Gasteiger partial charge is 0.392 e. The van der Waals surface area contributed by atoms with Crippen molar-refractivity contribution in [3.8, 4) is 11.5 Å². The van der Waals surface area contributed by atoms with Gasteiger partial charge in [0.25, 0.3) is 5.89 Å². The smallest absolute Gasteiger partial charge is 0.257 e. The van der Waals surface area contributed by atoms with E-state index in [2.05, 4.69) is 10.1 Å². The predicted molar refractivity (Wildman–Crippen MR) is 55.9 cm³/mol. The molecule has 0 aliphatic heterocycles. The number of aliphatic hydroxyl groups is 1. The van der Waals surface area contributed by atoms with Crippen molar-refractivity contribution in [3.05, 3.63) is 42.2 Å². The number of hydrogen-bond acceptors (Lipinski definition) is 4. The van der Waals surface area contributed by atoms with E-state index >= 15 is 0 Å². The lowest BCUT2D eigenvalue weighted by atomic mass is 10.1. The molecular weight excluding hydrogens is 192 g/mol. The normalized spacial score (nSPS) is 11.0. The van der Waals surface area contributed by atoms with Crippen LogP contribution in [0.2, 0.25) is 0 Å². The number of nitrogens with zero attached hydrogens (tertiary/aromatic N) is 2. The highest BCUT2D eigenvalue weighted by Crippen LogP contribution is 2.16. The number of rotatable bonds is 3. The fraction of sp³-hybridized carbons (Fsp3) is 0.0909. The highest BCUT2D eigenvalue weighted by molar-refractivity contribution is 5.58. The molecule has 15 heavy (non-hydrogen) atoms. The van der Waals surface area contributed by atoms with E-state index in [1.54, 1.807) is 6.08 Å². The minimum absolute atomic E-state index is 0.0470. The number of aliphatic hydroxyl groups excluding tert-OH is 1. The van der Waals surface area contributed by atoms with Crippen molar-refractivity contribution in [1.29, 1.82) is 0 Å². The van der Waals surface area contributed by atoms with E-state index in [9.17, 15) is 0 Å². The first kappa shape index (κ1) is 9.61. The summed E-state index contributed by atoms with van der Waals surface area (Å²) in [6.45, 7) is 0.0470. The third kappa shape index (κ3) is 2.30. The van der Waals surface area contributed by atoms with Crippen LogP contribution in [0.3, 0.4) is 0 Å². The minimum Gasteiger partial charge on any atom is -0.392 e. The van der Waals surface area contributed by atoms with Crippen LogP contribution in [0.25, 0.3) is 17.5 Å². The van der Waals surface area contributed by atoms with Crippen LogP contribution in [0.15, 0.2) is 41.2 Å². The van der Waals surface area contributed by atoms with Crippen molar-refractivity contribution in [2.24, 2.45) is 0 Å². The van der Waals surface area contributed by atoms with Crippen LogP contribution in [0.1, 0.15) is 5.56 Å². The van der Waals surface area contributed by atoms with Crippen LogP contribution in [0.4, 0.5) is 0 Å². The summed E-state index contributed by atoms with van der Waals surface area (Å²) >= 11 is 0. The molecule has 1 N–H and O–H groups in total. The van der Waals surface area contributed by atoms with Crippen LogP contribution in [-0.2, 0) is 0 Å². The molecule has 0 saturated heterocycles. The van der Waals surface area contributed by atoms with Gasteiger partial charge in [-0.05, 0) is 17.7 Å². The maximum Gasteiger partial charge on any atom is 0.257 e. The van der Waals surface area contributed by atoms with Crippen molar-refractivity contribution >= 4 is 6.08 Å². The molecule has 0 spiro atoms. The molecule has 4 nitrogen and oxygen atoms in total. The van der Waals surface area contributed by atoms with E-state index in [0.717, 1.165) is 11.1 Å². The van der Waals surface area contributed by atoms with Gasteiger partial charge in [0.05, 0.1) is 6.61 Å². The molecule has 0 aliphatic rings. The van der Waals surface area contributed by atoms with Crippen molar-refractivity contribution in [2.75, 3.05) is 6.61 Å². The van der Waals surface area contributed by atoms with Crippen LogP contribution in [0.5, 0.6) is 0 Å². The van der Waals surface area contributed by atoms with Crippen LogP contribution >= 0.6 is 0 Å². The Hall–Kier alpha value is -1.94. The molecule has 4 heteroatoms. The lowest BCUT2D eigenvalue weighted by Gasteiger charge is -1.95. The molecule has 0 fully saturated rings. The van der Waals surface area contributed by atoms with Crippen LogP contribution in [0, 0.1) is 0 Å². The predicted octanol–water partition coefficient (Wildman–Crippen LogP) is 1.74. The first-order valence-corrected chi connectivity index (χ1v) is 4.54. The summed E-state index contributed by atoms with van der Waals surface area (Å²) in [6, 6.07) is 7.63. The molecule has 0 unspecified atom stereocenters. The van der Waals surface area contributed by atoms with Crippen molar-refractivity contribution in [2.45, 2.75) is 0 Å². The molecule has 0 saturated carbocycles. The summed E-state index contributed by atoms with van der Waals surface area (Å²) in [5.41, 5.74) is 1.90. The van der Waals surface area contributed by atoms with Crippen molar-refractivity contribution in [3.63, 3.8) is 0 Å². The number of hydrogen-bond donors (Lipinski definition) is 1. The summed E-state index contributed by atoms with van der Waals surface area (Å²) < 4.78 is 4.92. The standard InChI is InChI=1S/C11H10N2O2/c14-7-1-2-9-3-5-10(6-4-9)11-12-8-13-15-11/h1-6,8,14H,7H2. The van der Waals surface area contributed by atoms with Gasteiger partial charge in [-0.2, -0.15) is 4.98 Å². The van der Waals surface area contributed by atoms with E-state index < -0.39 is 0 Å². The van der Waals surface area contributed by atoms with E-state index in [0.29, 0.717) is 5.89 Å². The first-order chi connectivity index (χ1) is 7.40. The van der Waals surface area contributed by atoms with Gasteiger partial charge in [-0.15, -0.1) is 0 Å². The molecule has 0 bridgehead atoms.